The highest BCUT2D eigenvalue weighted by Crippen LogP contribution is 2.26. The number of aryl methyl sites for hydroxylation is 2. The largest absolute Gasteiger partial charge is 0.383 e. The van der Waals surface area contributed by atoms with Crippen LogP contribution in [0.4, 0.5) is 23.0 Å². The summed E-state index contributed by atoms with van der Waals surface area (Å²) in [6.07, 6.45) is 0. The second kappa shape index (κ2) is 5.36. The van der Waals surface area contributed by atoms with Crippen LogP contribution in [0, 0.1) is 20.8 Å². The molecule has 5 heteroatoms. The molecule has 0 saturated carbocycles. The summed E-state index contributed by atoms with van der Waals surface area (Å²) >= 11 is 0. The van der Waals surface area contributed by atoms with Crippen molar-refractivity contribution in [2.45, 2.75) is 20.8 Å². The van der Waals surface area contributed by atoms with Crippen LogP contribution in [0.1, 0.15) is 17.0 Å². The van der Waals surface area contributed by atoms with Crippen molar-refractivity contribution >= 4 is 23.0 Å². The van der Waals surface area contributed by atoms with Gasteiger partial charge >= 0.3 is 0 Å². The molecule has 3 N–H and O–H groups in total. The monoisotopic (exact) mass is 271 g/mol. The van der Waals surface area contributed by atoms with Gasteiger partial charge in [-0.2, -0.15) is 0 Å². The first-order valence-corrected chi connectivity index (χ1v) is 6.54. The van der Waals surface area contributed by atoms with Gasteiger partial charge in [-0.3, -0.25) is 0 Å². The molecule has 0 aliphatic carbocycles. The van der Waals surface area contributed by atoms with Crippen LogP contribution in [0.15, 0.2) is 18.2 Å². The van der Waals surface area contributed by atoms with Crippen LogP contribution in [-0.4, -0.2) is 24.1 Å². The highest BCUT2D eigenvalue weighted by atomic mass is 15.1. The Kier molecular flexibility index (Phi) is 3.79. The lowest BCUT2D eigenvalue weighted by atomic mass is 10.1. The standard InChI is InChI=1S/C15H21N5/c1-9-6-7-12(8-13(9)20(4)5)19-15-10(2)14(16)17-11(3)18-15/h6-8H,1-5H3,(H3,16,17,18,19). The fourth-order valence-electron chi connectivity index (χ4n) is 2.08. The Hall–Kier alpha value is -2.30. The topological polar surface area (TPSA) is 67.1 Å². The summed E-state index contributed by atoms with van der Waals surface area (Å²) in [7, 11) is 4.06. The summed E-state index contributed by atoms with van der Waals surface area (Å²) in [5.41, 5.74) is 10.1. The first kappa shape index (κ1) is 14.1. The molecule has 0 unspecified atom stereocenters. The number of benzene rings is 1. The van der Waals surface area contributed by atoms with Crippen molar-refractivity contribution in [3.8, 4) is 0 Å². The molecule has 0 fully saturated rings. The minimum absolute atomic E-state index is 0.514. The van der Waals surface area contributed by atoms with E-state index >= 15 is 0 Å². The Morgan fingerprint density at radius 2 is 1.80 bits per heavy atom. The summed E-state index contributed by atoms with van der Waals surface area (Å²) in [6, 6.07) is 6.22. The molecule has 0 aliphatic heterocycles. The minimum atomic E-state index is 0.514. The van der Waals surface area contributed by atoms with Crippen LogP contribution in [0.25, 0.3) is 0 Å². The Bertz CT molecular complexity index is 634. The second-order valence-electron chi connectivity index (χ2n) is 5.15. The molecule has 5 nitrogen and oxygen atoms in total. The third-order valence-corrected chi connectivity index (χ3v) is 3.25. The van der Waals surface area contributed by atoms with E-state index in [1.165, 1.54) is 11.3 Å². The van der Waals surface area contributed by atoms with Crippen molar-refractivity contribution < 1.29 is 0 Å². The van der Waals surface area contributed by atoms with Crippen molar-refractivity contribution in [2.24, 2.45) is 0 Å². The van der Waals surface area contributed by atoms with E-state index in [0.717, 1.165) is 17.1 Å². The maximum absolute atomic E-state index is 5.88. The third-order valence-electron chi connectivity index (χ3n) is 3.25. The molecular weight excluding hydrogens is 250 g/mol. The molecule has 0 spiro atoms. The molecule has 0 aliphatic rings. The zero-order chi connectivity index (χ0) is 14.9. The average Bonchev–Trinajstić information content (AvgIpc) is 2.37. The molecule has 1 heterocycles. The smallest absolute Gasteiger partial charge is 0.139 e. The van der Waals surface area contributed by atoms with E-state index in [-0.39, 0.29) is 0 Å². The van der Waals surface area contributed by atoms with Gasteiger partial charge in [0, 0.05) is 31.0 Å². The van der Waals surface area contributed by atoms with Crippen LogP contribution in [-0.2, 0) is 0 Å². The molecule has 0 amide bonds. The molecule has 0 saturated heterocycles. The van der Waals surface area contributed by atoms with Gasteiger partial charge in [0.15, 0.2) is 0 Å². The van der Waals surface area contributed by atoms with Crippen molar-refractivity contribution in [1.29, 1.82) is 0 Å². The van der Waals surface area contributed by atoms with E-state index in [1.54, 1.807) is 0 Å². The van der Waals surface area contributed by atoms with Gasteiger partial charge in [-0.05, 0) is 38.5 Å². The number of nitrogens with zero attached hydrogens (tertiary/aromatic N) is 3. The number of hydrogen-bond donors (Lipinski definition) is 2. The number of rotatable bonds is 3. The predicted octanol–water partition coefficient (Wildman–Crippen LogP) is 2.79. The fraction of sp³-hybridized carbons (Fsp3) is 0.333. The highest BCUT2D eigenvalue weighted by molar-refractivity contribution is 5.68. The predicted molar refractivity (Wildman–Crippen MR) is 84.7 cm³/mol. The maximum Gasteiger partial charge on any atom is 0.139 e. The molecule has 2 rings (SSSR count). The molecule has 20 heavy (non-hydrogen) atoms. The summed E-state index contributed by atoms with van der Waals surface area (Å²) in [5.74, 6) is 1.93. The van der Waals surface area contributed by atoms with Crippen LogP contribution < -0.4 is 16.0 Å². The lowest BCUT2D eigenvalue weighted by Gasteiger charge is -2.18. The van der Waals surface area contributed by atoms with Crippen LogP contribution in [0.5, 0.6) is 0 Å². The quantitative estimate of drug-likeness (QED) is 0.898. The third kappa shape index (κ3) is 2.82. The van der Waals surface area contributed by atoms with Crippen molar-refractivity contribution in [3.05, 3.63) is 35.2 Å². The van der Waals surface area contributed by atoms with E-state index in [2.05, 4.69) is 39.2 Å². The summed E-state index contributed by atoms with van der Waals surface area (Å²) < 4.78 is 0. The molecule has 0 radical (unpaired) electrons. The lowest BCUT2D eigenvalue weighted by molar-refractivity contribution is 1.04. The van der Waals surface area contributed by atoms with E-state index in [9.17, 15) is 0 Å². The Labute approximate surface area is 119 Å². The number of hydrogen-bond acceptors (Lipinski definition) is 5. The average molecular weight is 271 g/mol. The van der Waals surface area contributed by atoms with Gasteiger partial charge in [-0.25, -0.2) is 9.97 Å². The van der Waals surface area contributed by atoms with Gasteiger partial charge < -0.3 is 16.0 Å². The van der Waals surface area contributed by atoms with Crippen molar-refractivity contribution in [2.75, 3.05) is 30.0 Å². The summed E-state index contributed by atoms with van der Waals surface area (Å²) in [4.78, 5) is 10.7. The zero-order valence-corrected chi connectivity index (χ0v) is 12.7. The van der Waals surface area contributed by atoms with Crippen LogP contribution in [0.2, 0.25) is 0 Å². The Morgan fingerprint density at radius 1 is 1.10 bits per heavy atom. The minimum Gasteiger partial charge on any atom is -0.383 e. The SMILES string of the molecule is Cc1nc(N)c(C)c(Nc2ccc(C)c(N(C)C)c2)n1. The maximum atomic E-state index is 5.88. The lowest BCUT2D eigenvalue weighted by Crippen LogP contribution is -2.11. The van der Waals surface area contributed by atoms with Gasteiger partial charge in [0.1, 0.15) is 17.5 Å². The van der Waals surface area contributed by atoms with Crippen LogP contribution in [0.3, 0.4) is 0 Å². The Morgan fingerprint density at radius 3 is 2.45 bits per heavy atom. The highest BCUT2D eigenvalue weighted by Gasteiger charge is 2.08. The van der Waals surface area contributed by atoms with Gasteiger partial charge in [0.05, 0.1) is 0 Å². The van der Waals surface area contributed by atoms with Crippen molar-refractivity contribution in [1.82, 2.24) is 9.97 Å². The van der Waals surface area contributed by atoms with Crippen LogP contribution >= 0.6 is 0 Å². The number of aromatic nitrogens is 2. The number of anilines is 4. The van der Waals surface area contributed by atoms with Crippen molar-refractivity contribution in [3.63, 3.8) is 0 Å². The summed E-state index contributed by atoms with van der Waals surface area (Å²) in [6.45, 7) is 5.84. The summed E-state index contributed by atoms with van der Waals surface area (Å²) in [5, 5.41) is 3.32. The molecule has 1 aromatic carbocycles. The number of nitrogens with one attached hydrogen (secondary N) is 1. The normalized spacial score (nSPS) is 10.4. The first-order chi connectivity index (χ1) is 9.38. The van der Waals surface area contributed by atoms with Gasteiger partial charge in [-0.1, -0.05) is 6.07 Å². The number of nitrogen functional groups attached to an aromatic ring is 1. The molecule has 2 aromatic rings. The van der Waals surface area contributed by atoms with Gasteiger partial charge in [-0.15, -0.1) is 0 Å². The van der Waals surface area contributed by atoms with E-state index < -0.39 is 0 Å². The van der Waals surface area contributed by atoms with E-state index in [4.69, 9.17) is 5.73 Å². The fourth-order valence-corrected chi connectivity index (χ4v) is 2.08. The number of nitrogens with two attached hydrogens (primary N) is 1. The molecule has 106 valence electrons. The zero-order valence-electron chi connectivity index (χ0n) is 12.7. The molecule has 0 bridgehead atoms. The van der Waals surface area contributed by atoms with Gasteiger partial charge in [0.25, 0.3) is 0 Å². The van der Waals surface area contributed by atoms with E-state index in [1.807, 2.05) is 34.0 Å². The molecular formula is C15H21N5. The van der Waals surface area contributed by atoms with E-state index in [0.29, 0.717) is 11.6 Å². The molecule has 1 aromatic heterocycles. The van der Waals surface area contributed by atoms with Gasteiger partial charge in [0.2, 0.25) is 0 Å². The first-order valence-electron chi connectivity index (χ1n) is 6.54. The Balaban J connectivity index is 2.38. The second-order valence-corrected chi connectivity index (χ2v) is 5.15. The molecule has 0 atom stereocenters.